The minimum absolute atomic E-state index is 0.0397. The Morgan fingerprint density at radius 2 is 1.85 bits per heavy atom. The van der Waals surface area contributed by atoms with Gasteiger partial charge >= 0.3 is 5.97 Å². The lowest BCUT2D eigenvalue weighted by Crippen LogP contribution is -2.15. The fourth-order valence-electron chi connectivity index (χ4n) is 2.20. The molecule has 6 nitrogen and oxygen atoms in total. The normalized spacial score (nSPS) is 10.3. The Bertz CT molecular complexity index is 857. The van der Waals surface area contributed by atoms with Gasteiger partial charge in [-0.15, -0.1) is 11.8 Å². The monoisotopic (exact) mass is 406 g/mol. The van der Waals surface area contributed by atoms with E-state index in [0.717, 1.165) is 11.3 Å². The van der Waals surface area contributed by atoms with Crippen molar-refractivity contribution in [2.75, 3.05) is 16.4 Å². The second kappa shape index (κ2) is 9.99. The highest BCUT2D eigenvalue weighted by molar-refractivity contribution is 8.00. The van der Waals surface area contributed by atoms with E-state index in [1.165, 1.54) is 30.0 Å². The predicted molar refractivity (Wildman–Crippen MR) is 108 cm³/mol. The van der Waals surface area contributed by atoms with E-state index in [1.54, 1.807) is 18.2 Å². The number of rotatable bonds is 8. The van der Waals surface area contributed by atoms with Gasteiger partial charge in [0.05, 0.1) is 22.0 Å². The van der Waals surface area contributed by atoms with Gasteiger partial charge < -0.3 is 15.7 Å². The zero-order valence-electron chi connectivity index (χ0n) is 14.6. The van der Waals surface area contributed by atoms with Gasteiger partial charge in [-0.05, 0) is 42.8 Å². The minimum atomic E-state index is -1.10. The predicted octanol–water partition coefficient (Wildman–Crippen LogP) is 4.51. The summed E-state index contributed by atoms with van der Waals surface area (Å²) >= 11 is 7.30. The van der Waals surface area contributed by atoms with E-state index in [4.69, 9.17) is 16.7 Å². The molecule has 2 aromatic carbocycles. The number of aromatic carboxylic acids is 1. The largest absolute Gasteiger partial charge is 0.478 e. The first-order valence-corrected chi connectivity index (χ1v) is 9.60. The molecule has 0 atom stereocenters. The number of amides is 2. The van der Waals surface area contributed by atoms with Gasteiger partial charge in [0.1, 0.15) is 0 Å². The molecule has 0 aliphatic heterocycles. The van der Waals surface area contributed by atoms with Gasteiger partial charge in [-0.25, -0.2) is 4.79 Å². The molecule has 2 rings (SSSR count). The molecule has 0 saturated carbocycles. The number of carbonyl (C=O) groups is 3. The molecule has 0 aromatic heterocycles. The topological polar surface area (TPSA) is 95.5 Å². The molecule has 142 valence electrons. The van der Waals surface area contributed by atoms with Crippen molar-refractivity contribution < 1.29 is 19.5 Å². The summed E-state index contributed by atoms with van der Waals surface area (Å²) in [5, 5.41) is 14.7. The molecule has 0 aliphatic rings. The molecule has 3 N–H and O–H groups in total. The Morgan fingerprint density at radius 1 is 1.07 bits per heavy atom. The van der Waals surface area contributed by atoms with Crippen LogP contribution < -0.4 is 10.6 Å². The van der Waals surface area contributed by atoms with Crippen LogP contribution in [0.4, 0.5) is 11.4 Å². The molecule has 2 amide bonds. The first kappa shape index (κ1) is 20.8. The van der Waals surface area contributed by atoms with Gasteiger partial charge in [-0.3, -0.25) is 9.59 Å². The number of benzene rings is 2. The van der Waals surface area contributed by atoms with Gasteiger partial charge in [-0.1, -0.05) is 24.6 Å². The lowest BCUT2D eigenvalue weighted by Gasteiger charge is -2.09. The Hall–Kier alpha value is -2.51. The maximum absolute atomic E-state index is 12.2. The minimum Gasteiger partial charge on any atom is -0.478 e. The van der Waals surface area contributed by atoms with E-state index in [0.29, 0.717) is 12.1 Å². The number of nitrogens with one attached hydrogen (secondary N) is 2. The molecule has 0 unspecified atom stereocenters. The molecule has 8 heteroatoms. The molecule has 0 spiro atoms. The van der Waals surface area contributed by atoms with Crippen LogP contribution in [0.2, 0.25) is 5.02 Å². The van der Waals surface area contributed by atoms with Gasteiger partial charge in [0.2, 0.25) is 11.8 Å². The molecule has 0 heterocycles. The molecule has 2 aromatic rings. The molecule has 0 saturated heterocycles. The number of thioether (sulfide) groups is 1. The Balaban J connectivity index is 1.95. The van der Waals surface area contributed by atoms with E-state index in [1.807, 2.05) is 13.0 Å². The number of hydrogen-bond acceptors (Lipinski definition) is 4. The van der Waals surface area contributed by atoms with Crippen molar-refractivity contribution in [1.82, 2.24) is 0 Å². The zero-order valence-corrected chi connectivity index (χ0v) is 16.2. The quantitative estimate of drug-likeness (QED) is 0.560. The third-order valence-electron chi connectivity index (χ3n) is 3.45. The van der Waals surface area contributed by atoms with Crippen LogP contribution in [0.1, 0.15) is 30.1 Å². The molecule has 0 fully saturated rings. The van der Waals surface area contributed by atoms with E-state index in [-0.39, 0.29) is 33.8 Å². The first-order valence-electron chi connectivity index (χ1n) is 8.24. The summed E-state index contributed by atoms with van der Waals surface area (Å²) in [4.78, 5) is 35.7. The number of carboxylic acid groups (broad SMARTS) is 1. The summed E-state index contributed by atoms with van der Waals surface area (Å²) in [7, 11) is 0. The molecule has 27 heavy (non-hydrogen) atoms. The Labute approximate surface area is 166 Å². The summed E-state index contributed by atoms with van der Waals surface area (Å²) in [5.74, 6) is -1.35. The van der Waals surface area contributed by atoms with Crippen LogP contribution in [0.3, 0.4) is 0 Å². The summed E-state index contributed by atoms with van der Waals surface area (Å²) in [6.45, 7) is 1.93. The third kappa shape index (κ3) is 6.62. The second-order valence-electron chi connectivity index (χ2n) is 5.66. The van der Waals surface area contributed by atoms with Gasteiger partial charge in [-0.2, -0.15) is 0 Å². The standard InChI is InChI=1S/C19H19ClN2O4S/c1-2-4-17(23)21-13-5-3-6-14(10-13)27-11-18(24)22-16-9-12(19(25)26)7-8-15(16)20/h3,5-10H,2,4,11H2,1H3,(H,21,23)(H,22,24)(H,25,26). The van der Waals surface area contributed by atoms with Crippen LogP contribution in [-0.2, 0) is 9.59 Å². The first-order chi connectivity index (χ1) is 12.9. The van der Waals surface area contributed by atoms with Gasteiger partial charge in [0.15, 0.2) is 0 Å². The van der Waals surface area contributed by atoms with Crippen LogP contribution in [-0.4, -0.2) is 28.6 Å². The van der Waals surface area contributed by atoms with E-state index in [2.05, 4.69) is 10.6 Å². The third-order valence-corrected chi connectivity index (χ3v) is 4.78. The van der Waals surface area contributed by atoms with Crippen molar-refractivity contribution in [3.8, 4) is 0 Å². The molecule has 0 aliphatic carbocycles. The summed E-state index contributed by atoms with van der Waals surface area (Å²) in [5.41, 5.74) is 0.969. The average molecular weight is 407 g/mol. The maximum Gasteiger partial charge on any atom is 0.335 e. The van der Waals surface area contributed by atoms with Crippen molar-refractivity contribution >= 4 is 52.5 Å². The number of carboxylic acids is 1. The lowest BCUT2D eigenvalue weighted by atomic mass is 10.2. The highest BCUT2D eigenvalue weighted by Gasteiger charge is 2.11. The molecule has 0 radical (unpaired) electrons. The summed E-state index contributed by atoms with van der Waals surface area (Å²) in [6.07, 6.45) is 1.22. The van der Waals surface area contributed by atoms with Crippen molar-refractivity contribution in [3.05, 3.63) is 53.1 Å². The van der Waals surface area contributed by atoms with Crippen LogP contribution in [0.25, 0.3) is 0 Å². The second-order valence-corrected chi connectivity index (χ2v) is 7.12. The van der Waals surface area contributed by atoms with Gasteiger partial charge in [0, 0.05) is 17.0 Å². The SMILES string of the molecule is CCCC(=O)Nc1cccc(SCC(=O)Nc2cc(C(=O)O)ccc2Cl)c1. The van der Waals surface area contributed by atoms with Crippen molar-refractivity contribution in [1.29, 1.82) is 0 Å². The molecule has 0 bridgehead atoms. The lowest BCUT2D eigenvalue weighted by molar-refractivity contribution is -0.116. The van der Waals surface area contributed by atoms with E-state index < -0.39 is 5.97 Å². The number of anilines is 2. The van der Waals surface area contributed by atoms with Crippen molar-refractivity contribution in [2.24, 2.45) is 0 Å². The maximum atomic E-state index is 12.2. The average Bonchev–Trinajstić information content (AvgIpc) is 2.62. The molecular weight excluding hydrogens is 388 g/mol. The van der Waals surface area contributed by atoms with Crippen LogP contribution in [0, 0.1) is 0 Å². The smallest absolute Gasteiger partial charge is 0.335 e. The summed E-state index contributed by atoms with van der Waals surface area (Å²) in [6, 6.07) is 11.3. The highest BCUT2D eigenvalue weighted by Crippen LogP contribution is 2.25. The number of hydrogen-bond donors (Lipinski definition) is 3. The number of halogens is 1. The molecular formula is C19H19ClN2O4S. The van der Waals surface area contributed by atoms with Crippen LogP contribution in [0.15, 0.2) is 47.4 Å². The van der Waals surface area contributed by atoms with E-state index >= 15 is 0 Å². The summed E-state index contributed by atoms with van der Waals surface area (Å²) < 4.78 is 0. The fraction of sp³-hybridized carbons (Fsp3) is 0.211. The van der Waals surface area contributed by atoms with Crippen molar-refractivity contribution in [2.45, 2.75) is 24.7 Å². The van der Waals surface area contributed by atoms with Gasteiger partial charge in [0.25, 0.3) is 0 Å². The van der Waals surface area contributed by atoms with Crippen molar-refractivity contribution in [3.63, 3.8) is 0 Å². The van der Waals surface area contributed by atoms with E-state index in [9.17, 15) is 14.4 Å². The van der Waals surface area contributed by atoms with Crippen LogP contribution >= 0.6 is 23.4 Å². The fourth-order valence-corrected chi connectivity index (χ4v) is 3.12. The Morgan fingerprint density at radius 3 is 2.56 bits per heavy atom. The Kier molecular flexibility index (Phi) is 7.69. The zero-order chi connectivity index (χ0) is 19.8. The highest BCUT2D eigenvalue weighted by atomic mass is 35.5. The number of carbonyl (C=O) groups excluding carboxylic acids is 2. The van der Waals surface area contributed by atoms with Crippen LogP contribution in [0.5, 0.6) is 0 Å².